The average molecular weight is 382 g/mol. The summed E-state index contributed by atoms with van der Waals surface area (Å²) >= 11 is 0. The molecule has 5 rings (SSSR count). The third-order valence-electron chi connectivity index (χ3n) is 6.56. The number of ether oxygens (including phenoxy) is 2. The van der Waals surface area contributed by atoms with Crippen molar-refractivity contribution in [2.45, 2.75) is 25.3 Å². The summed E-state index contributed by atoms with van der Waals surface area (Å²) in [5.41, 5.74) is 1.97. The number of nitrogens with zero attached hydrogens (tertiary/aromatic N) is 4. The molecule has 28 heavy (non-hydrogen) atoms. The Bertz CT molecular complexity index is 911. The van der Waals surface area contributed by atoms with Gasteiger partial charge in [0.15, 0.2) is 11.5 Å². The fraction of sp³-hybridized carbons (Fsp3) is 0.524. The van der Waals surface area contributed by atoms with Crippen molar-refractivity contribution in [3.8, 4) is 11.5 Å². The molecule has 1 aromatic heterocycles. The van der Waals surface area contributed by atoms with Crippen molar-refractivity contribution < 1.29 is 14.3 Å². The van der Waals surface area contributed by atoms with E-state index in [0.717, 1.165) is 56.2 Å². The number of carbonyl (C=O) groups excluding carboxylic acids is 1. The Labute approximate surface area is 164 Å². The second-order valence-electron chi connectivity index (χ2n) is 8.28. The number of aromatic nitrogens is 2. The highest BCUT2D eigenvalue weighted by Gasteiger charge is 2.55. The molecule has 3 aliphatic rings. The molecule has 2 saturated heterocycles. The number of likely N-dealkylation sites (tertiary alicyclic amines) is 2. The second-order valence-corrected chi connectivity index (χ2v) is 8.28. The van der Waals surface area contributed by atoms with Gasteiger partial charge in [-0.15, -0.1) is 0 Å². The van der Waals surface area contributed by atoms with Gasteiger partial charge in [-0.2, -0.15) is 5.10 Å². The number of hydrogen-bond acceptors (Lipinski definition) is 5. The summed E-state index contributed by atoms with van der Waals surface area (Å²) in [5, 5.41) is 4.37. The molecule has 1 spiro atoms. The average Bonchev–Trinajstić information content (AvgIpc) is 3.38. The number of piperidine rings is 1. The lowest BCUT2D eigenvalue weighted by atomic mass is 9.70. The predicted octanol–water partition coefficient (Wildman–Crippen LogP) is 1.99. The van der Waals surface area contributed by atoms with Gasteiger partial charge < -0.3 is 14.4 Å². The number of aryl methyl sites for hydroxylation is 1. The number of rotatable bonds is 3. The molecule has 0 saturated carbocycles. The Kier molecular flexibility index (Phi) is 4.08. The third kappa shape index (κ3) is 2.68. The lowest BCUT2D eigenvalue weighted by Gasteiger charge is -2.41. The topological polar surface area (TPSA) is 59.8 Å². The summed E-state index contributed by atoms with van der Waals surface area (Å²) < 4.78 is 12.9. The number of amides is 1. The summed E-state index contributed by atoms with van der Waals surface area (Å²) in [4.78, 5) is 17.7. The van der Waals surface area contributed by atoms with Crippen LogP contribution < -0.4 is 9.47 Å². The lowest BCUT2D eigenvalue weighted by molar-refractivity contribution is -0.145. The maximum Gasteiger partial charge on any atom is 0.231 e. The highest BCUT2D eigenvalue weighted by atomic mass is 16.7. The molecule has 0 N–H and O–H groups in total. The van der Waals surface area contributed by atoms with Crippen molar-refractivity contribution in [1.82, 2.24) is 19.6 Å². The van der Waals surface area contributed by atoms with Crippen molar-refractivity contribution in [1.29, 1.82) is 0 Å². The minimum Gasteiger partial charge on any atom is -0.454 e. The van der Waals surface area contributed by atoms with Crippen LogP contribution in [0.4, 0.5) is 0 Å². The van der Waals surface area contributed by atoms with Crippen molar-refractivity contribution in [3.63, 3.8) is 0 Å². The van der Waals surface area contributed by atoms with Crippen molar-refractivity contribution in [2.75, 3.05) is 33.5 Å². The van der Waals surface area contributed by atoms with Gasteiger partial charge >= 0.3 is 0 Å². The molecule has 2 fully saturated rings. The third-order valence-corrected chi connectivity index (χ3v) is 6.56. The summed E-state index contributed by atoms with van der Waals surface area (Å²) in [6.45, 7) is 3.56. The van der Waals surface area contributed by atoms with Gasteiger partial charge in [-0.25, -0.2) is 0 Å². The number of benzene rings is 1. The normalized spacial score (nSPS) is 27.1. The van der Waals surface area contributed by atoms with Crippen LogP contribution in [-0.2, 0) is 18.4 Å². The number of fused-ring (bicyclic) bond motifs is 1. The number of hydrogen-bond donors (Lipinski definition) is 0. The summed E-state index contributed by atoms with van der Waals surface area (Å²) in [6, 6.07) is 8.19. The molecule has 7 heteroatoms. The van der Waals surface area contributed by atoms with Gasteiger partial charge in [0, 0.05) is 58.1 Å². The standard InChI is InChI=1S/C21H26N4O3/c1-23-9-3-7-21(20(23)26)13-25(12-16(21)17-6-8-22-24(17)2)11-15-4-5-18-19(10-15)28-14-27-18/h4-6,8,10,16H,3,7,9,11-14H2,1-2H3/t16-,21+/m0/s1. The Morgan fingerprint density at radius 1 is 1.21 bits per heavy atom. The molecule has 4 heterocycles. The molecule has 0 bridgehead atoms. The Balaban J connectivity index is 1.45. The zero-order valence-corrected chi connectivity index (χ0v) is 16.4. The molecule has 1 aromatic carbocycles. The van der Waals surface area contributed by atoms with Crippen molar-refractivity contribution in [3.05, 3.63) is 41.7 Å². The second kappa shape index (κ2) is 6.51. The molecule has 148 valence electrons. The maximum atomic E-state index is 13.4. The summed E-state index contributed by atoms with van der Waals surface area (Å²) in [7, 11) is 3.91. The van der Waals surface area contributed by atoms with Crippen LogP contribution in [-0.4, -0.2) is 59.0 Å². The van der Waals surface area contributed by atoms with Crippen LogP contribution >= 0.6 is 0 Å². The fourth-order valence-corrected chi connectivity index (χ4v) is 5.22. The summed E-state index contributed by atoms with van der Waals surface area (Å²) in [5.74, 6) is 2.05. The van der Waals surface area contributed by atoms with E-state index in [4.69, 9.17) is 9.47 Å². The van der Waals surface area contributed by atoms with Crippen LogP contribution in [0.15, 0.2) is 30.5 Å². The largest absolute Gasteiger partial charge is 0.454 e. The van der Waals surface area contributed by atoms with Crippen LogP contribution in [0.3, 0.4) is 0 Å². The van der Waals surface area contributed by atoms with Gasteiger partial charge in [0.05, 0.1) is 5.41 Å². The van der Waals surface area contributed by atoms with Gasteiger partial charge in [0.25, 0.3) is 0 Å². The Hall–Kier alpha value is -2.54. The Morgan fingerprint density at radius 2 is 2.07 bits per heavy atom. The van der Waals surface area contributed by atoms with Crippen LogP contribution in [0.2, 0.25) is 0 Å². The quantitative estimate of drug-likeness (QED) is 0.813. The van der Waals surface area contributed by atoms with Crippen molar-refractivity contribution >= 4 is 5.91 Å². The van der Waals surface area contributed by atoms with E-state index in [0.29, 0.717) is 0 Å². The van der Waals surface area contributed by atoms with Crippen LogP contribution in [0, 0.1) is 5.41 Å². The molecule has 0 aliphatic carbocycles. The predicted molar refractivity (Wildman–Crippen MR) is 103 cm³/mol. The van der Waals surface area contributed by atoms with E-state index in [1.54, 1.807) is 0 Å². The SMILES string of the molecule is CN1CCC[C@]2(CN(Cc3ccc4c(c3)OCO4)C[C@H]2c2ccnn2C)C1=O. The first-order chi connectivity index (χ1) is 13.6. The highest BCUT2D eigenvalue weighted by Crippen LogP contribution is 2.49. The van der Waals surface area contributed by atoms with Gasteiger partial charge in [-0.1, -0.05) is 6.07 Å². The van der Waals surface area contributed by atoms with Crippen LogP contribution in [0.1, 0.15) is 30.0 Å². The minimum atomic E-state index is -0.364. The van der Waals surface area contributed by atoms with Gasteiger partial charge in [-0.3, -0.25) is 14.4 Å². The monoisotopic (exact) mass is 382 g/mol. The van der Waals surface area contributed by atoms with Crippen LogP contribution in [0.5, 0.6) is 11.5 Å². The molecule has 7 nitrogen and oxygen atoms in total. The molecule has 3 aliphatic heterocycles. The van der Waals surface area contributed by atoms with E-state index in [9.17, 15) is 4.79 Å². The fourth-order valence-electron chi connectivity index (χ4n) is 5.22. The Morgan fingerprint density at radius 3 is 2.89 bits per heavy atom. The van der Waals surface area contributed by atoms with Gasteiger partial charge in [0.2, 0.25) is 12.7 Å². The molecular weight excluding hydrogens is 356 g/mol. The maximum absolute atomic E-state index is 13.4. The first-order valence-electron chi connectivity index (χ1n) is 9.91. The smallest absolute Gasteiger partial charge is 0.231 e. The zero-order chi connectivity index (χ0) is 19.3. The van der Waals surface area contributed by atoms with E-state index in [1.165, 1.54) is 5.56 Å². The molecule has 0 radical (unpaired) electrons. The molecule has 0 unspecified atom stereocenters. The molecule has 2 atom stereocenters. The van der Waals surface area contributed by atoms with E-state index in [2.05, 4.69) is 28.2 Å². The lowest BCUT2D eigenvalue weighted by Crippen LogP contribution is -2.50. The zero-order valence-electron chi connectivity index (χ0n) is 16.4. The van der Waals surface area contributed by atoms with Crippen molar-refractivity contribution in [2.24, 2.45) is 12.5 Å². The highest BCUT2D eigenvalue weighted by molar-refractivity contribution is 5.85. The molecular formula is C21H26N4O3. The first-order valence-corrected chi connectivity index (χ1v) is 9.91. The minimum absolute atomic E-state index is 0.157. The van der Waals surface area contributed by atoms with E-state index in [-0.39, 0.29) is 24.0 Å². The van der Waals surface area contributed by atoms with E-state index < -0.39 is 0 Å². The van der Waals surface area contributed by atoms with Gasteiger partial charge in [-0.05, 0) is 36.6 Å². The van der Waals surface area contributed by atoms with Gasteiger partial charge in [0.1, 0.15) is 0 Å². The van der Waals surface area contributed by atoms with E-state index >= 15 is 0 Å². The molecule has 2 aromatic rings. The first kappa shape index (κ1) is 17.6. The molecule has 1 amide bonds. The number of carbonyl (C=O) groups is 1. The summed E-state index contributed by atoms with van der Waals surface area (Å²) in [6.07, 6.45) is 3.82. The van der Waals surface area contributed by atoms with E-state index in [1.807, 2.05) is 35.9 Å². The van der Waals surface area contributed by atoms with Crippen LogP contribution in [0.25, 0.3) is 0 Å².